The van der Waals surface area contributed by atoms with E-state index in [1.807, 2.05) is 36.4 Å². The second kappa shape index (κ2) is 2.29. The van der Waals surface area contributed by atoms with Crippen molar-refractivity contribution in [3.63, 3.8) is 0 Å². The van der Waals surface area contributed by atoms with Crippen LogP contribution < -0.4 is 0 Å². The third-order valence-electron chi connectivity index (χ3n) is 2.12. The third kappa shape index (κ3) is 0.902. The quantitative estimate of drug-likeness (QED) is 0.520. The van der Waals surface area contributed by atoms with Gasteiger partial charge >= 0.3 is 0 Å². The maximum atomic E-state index is 4.64. The fourth-order valence-corrected chi connectivity index (χ4v) is 1.47. The third-order valence-corrected chi connectivity index (χ3v) is 2.12. The van der Waals surface area contributed by atoms with E-state index in [2.05, 4.69) is 14.9 Å². The summed E-state index contributed by atoms with van der Waals surface area (Å²) in [6.07, 6.45) is 0. The lowest BCUT2D eigenvalue weighted by molar-refractivity contribution is 0.315. The van der Waals surface area contributed by atoms with Gasteiger partial charge in [0.05, 0.1) is 0 Å². The van der Waals surface area contributed by atoms with Crippen LogP contribution in [0, 0.1) is 0 Å². The molecule has 0 bridgehead atoms. The molecule has 0 aliphatic rings. The van der Waals surface area contributed by atoms with Crippen molar-refractivity contribution in [2.45, 2.75) is 0 Å². The number of hydrogen-bond acceptors (Lipinski definition) is 3. The van der Waals surface area contributed by atoms with E-state index in [1.165, 1.54) is 0 Å². The first-order valence-corrected chi connectivity index (χ1v) is 4.04. The van der Waals surface area contributed by atoms with Crippen LogP contribution in [0.2, 0.25) is 0 Å². The van der Waals surface area contributed by atoms with Crippen molar-refractivity contribution in [2.75, 3.05) is 0 Å². The Hall–Kier alpha value is -1.90. The van der Waals surface area contributed by atoms with Crippen molar-refractivity contribution >= 4 is 21.8 Å². The molecule has 0 spiro atoms. The van der Waals surface area contributed by atoms with Crippen LogP contribution in [0.4, 0.5) is 0 Å². The van der Waals surface area contributed by atoms with Crippen molar-refractivity contribution in [1.82, 2.24) is 10.3 Å². The molecular weight excluding hydrogens is 164 g/mol. The van der Waals surface area contributed by atoms with E-state index in [-0.39, 0.29) is 0 Å². The van der Waals surface area contributed by atoms with Gasteiger partial charge in [0.25, 0.3) is 0 Å². The lowest BCUT2D eigenvalue weighted by atomic mass is 10.1. The molecule has 0 fully saturated rings. The van der Waals surface area contributed by atoms with Crippen molar-refractivity contribution in [3.8, 4) is 0 Å². The second-order valence-electron chi connectivity index (χ2n) is 2.95. The summed E-state index contributed by atoms with van der Waals surface area (Å²) in [6, 6.07) is 12.0. The molecule has 0 amide bonds. The molecule has 2 aromatic carbocycles. The predicted octanol–water partition coefficient (Wildman–Crippen LogP) is 2.38. The molecule has 0 saturated carbocycles. The molecule has 3 aromatic rings. The van der Waals surface area contributed by atoms with Crippen molar-refractivity contribution in [2.24, 2.45) is 0 Å². The van der Waals surface area contributed by atoms with Crippen molar-refractivity contribution in [3.05, 3.63) is 36.4 Å². The van der Waals surface area contributed by atoms with Crippen molar-refractivity contribution < 1.29 is 4.63 Å². The molecule has 3 rings (SSSR count). The Balaban J connectivity index is 2.57. The van der Waals surface area contributed by atoms with Gasteiger partial charge < -0.3 is 0 Å². The Kier molecular flexibility index (Phi) is 1.16. The molecule has 3 nitrogen and oxygen atoms in total. The Morgan fingerprint density at radius 2 is 1.38 bits per heavy atom. The SMILES string of the molecule is c1ccc2cc3nonc3cc2c1. The van der Waals surface area contributed by atoms with Gasteiger partial charge in [-0.3, -0.25) is 0 Å². The Morgan fingerprint density at radius 3 is 1.92 bits per heavy atom. The highest BCUT2D eigenvalue weighted by atomic mass is 16.6. The lowest BCUT2D eigenvalue weighted by Gasteiger charge is -1.93. The molecule has 1 aromatic heterocycles. The second-order valence-corrected chi connectivity index (χ2v) is 2.95. The number of fused-ring (bicyclic) bond motifs is 2. The predicted molar refractivity (Wildman–Crippen MR) is 49.3 cm³/mol. The number of nitrogens with zero attached hydrogens (tertiary/aromatic N) is 2. The first-order chi connectivity index (χ1) is 6.43. The molecule has 0 saturated heterocycles. The Labute approximate surface area is 73.9 Å². The van der Waals surface area contributed by atoms with Crippen LogP contribution in [0.15, 0.2) is 41.0 Å². The fraction of sp³-hybridized carbons (Fsp3) is 0. The summed E-state index contributed by atoms with van der Waals surface area (Å²) in [6.45, 7) is 0. The summed E-state index contributed by atoms with van der Waals surface area (Å²) in [5.74, 6) is 0. The molecule has 0 N–H and O–H groups in total. The molecule has 62 valence electrons. The smallest absolute Gasteiger partial charge is 0.135 e. The zero-order chi connectivity index (χ0) is 8.67. The van der Waals surface area contributed by atoms with E-state index in [9.17, 15) is 0 Å². The maximum absolute atomic E-state index is 4.64. The zero-order valence-electron chi connectivity index (χ0n) is 6.77. The van der Waals surface area contributed by atoms with Gasteiger partial charge in [-0.2, -0.15) is 0 Å². The molecule has 0 unspecified atom stereocenters. The average molecular weight is 170 g/mol. The average Bonchev–Trinajstić information content (AvgIpc) is 2.61. The van der Waals surface area contributed by atoms with E-state index in [0.29, 0.717) is 0 Å². The van der Waals surface area contributed by atoms with Gasteiger partial charge in [0.1, 0.15) is 11.0 Å². The van der Waals surface area contributed by atoms with Gasteiger partial charge in [-0.1, -0.05) is 24.3 Å². The molecule has 3 heteroatoms. The largest absolute Gasteiger partial charge is 0.243 e. The van der Waals surface area contributed by atoms with Crippen LogP contribution in [0.3, 0.4) is 0 Å². The molecule has 0 radical (unpaired) electrons. The Morgan fingerprint density at radius 1 is 0.846 bits per heavy atom. The van der Waals surface area contributed by atoms with E-state index < -0.39 is 0 Å². The number of aromatic nitrogens is 2. The van der Waals surface area contributed by atoms with Gasteiger partial charge in [-0.15, -0.1) is 0 Å². The maximum Gasteiger partial charge on any atom is 0.135 e. The Bertz CT molecular complexity index is 521. The summed E-state index contributed by atoms with van der Waals surface area (Å²) in [7, 11) is 0. The highest BCUT2D eigenvalue weighted by Crippen LogP contribution is 2.19. The van der Waals surface area contributed by atoms with Crippen LogP contribution in [-0.2, 0) is 0 Å². The van der Waals surface area contributed by atoms with Crippen LogP contribution in [0.5, 0.6) is 0 Å². The molecule has 0 aliphatic heterocycles. The molecule has 1 heterocycles. The highest BCUT2D eigenvalue weighted by molar-refractivity contribution is 5.94. The van der Waals surface area contributed by atoms with Crippen LogP contribution >= 0.6 is 0 Å². The first-order valence-electron chi connectivity index (χ1n) is 4.04. The summed E-state index contributed by atoms with van der Waals surface area (Å²) < 4.78 is 4.64. The first kappa shape index (κ1) is 6.60. The van der Waals surface area contributed by atoms with Crippen LogP contribution in [0.1, 0.15) is 0 Å². The fourth-order valence-electron chi connectivity index (χ4n) is 1.47. The highest BCUT2D eigenvalue weighted by Gasteiger charge is 2.00. The van der Waals surface area contributed by atoms with E-state index in [4.69, 9.17) is 0 Å². The van der Waals surface area contributed by atoms with E-state index in [0.717, 1.165) is 21.8 Å². The minimum absolute atomic E-state index is 0.804. The summed E-state index contributed by atoms with van der Waals surface area (Å²) in [4.78, 5) is 0. The molecule has 0 aliphatic carbocycles. The minimum atomic E-state index is 0.804. The number of benzene rings is 2. The summed E-state index contributed by atoms with van der Waals surface area (Å²) in [5, 5.41) is 9.88. The molecular formula is C10H6N2O. The summed E-state index contributed by atoms with van der Waals surface area (Å²) >= 11 is 0. The number of rotatable bonds is 0. The van der Waals surface area contributed by atoms with Gasteiger partial charge in [0, 0.05) is 0 Å². The van der Waals surface area contributed by atoms with Crippen LogP contribution in [0.25, 0.3) is 21.8 Å². The van der Waals surface area contributed by atoms with Gasteiger partial charge in [-0.25, -0.2) is 4.63 Å². The van der Waals surface area contributed by atoms with E-state index >= 15 is 0 Å². The number of hydrogen-bond donors (Lipinski definition) is 0. The van der Waals surface area contributed by atoms with Crippen LogP contribution in [-0.4, -0.2) is 10.3 Å². The summed E-state index contributed by atoms with van der Waals surface area (Å²) in [5.41, 5.74) is 1.61. The molecule has 0 atom stereocenters. The molecule has 13 heavy (non-hydrogen) atoms. The van der Waals surface area contributed by atoms with Gasteiger partial charge in [0.15, 0.2) is 0 Å². The van der Waals surface area contributed by atoms with Crippen molar-refractivity contribution in [1.29, 1.82) is 0 Å². The lowest BCUT2D eigenvalue weighted by Crippen LogP contribution is -1.73. The van der Waals surface area contributed by atoms with Gasteiger partial charge in [-0.05, 0) is 33.2 Å². The minimum Gasteiger partial charge on any atom is -0.243 e. The topological polar surface area (TPSA) is 38.9 Å². The normalized spacial score (nSPS) is 11.1. The zero-order valence-corrected chi connectivity index (χ0v) is 6.77. The standard InChI is InChI=1S/C10H6N2O/c1-2-4-8-6-10-9(11-13-12-10)5-7(8)3-1/h1-6H. The monoisotopic (exact) mass is 170 g/mol. The van der Waals surface area contributed by atoms with E-state index in [1.54, 1.807) is 0 Å². The van der Waals surface area contributed by atoms with Gasteiger partial charge in [0.2, 0.25) is 0 Å².